The minimum absolute atomic E-state index is 0.0761. The van der Waals surface area contributed by atoms with Gasteiger partial charge in [0.25, 0.3) is 0 Å². The highest BCUT2D eigenvalue weighted by atomic mass is 32.2. The van der Waals surface area contributed by atoms with Crippen molar-refractivity contribution in [2.24, 2.45) is 0 Å². The van der Waals surface area contributed by atoms with Gasteiger partial charge in [-0.3, -0.25) is 9.59 Å². The van der Waals surface area contributed by atoms with Crippen LogP contribution in [0.4, 0.5) is 4.79 Å². The highest BCUT2D eigenvalue weighted by Crippen LogP contribution is 2.28. The fourth-order valence-electron chi connectivity index (χ4n) is 3.36. The average Bonchev–Trinajstić information content (AvgIpc) is 2.70. The number of rotatable bonds is 10. The molecule has 35 heavy (non-hydrogen) atoms. The third-order valence-corrected chi connectivity index (χ3v) is 5.45. The SMILES string of the molecule is C=CCN(C(=O)C(CCSC)NC(=O)OC(C)(C)C)C(C(=O)NC(C)(C)C)c1ccc(O)c(C)c1. The van der Waals surface area contributed by atoms with Gasteiger partial charge in [0, 0.05) is 12.1 Å². The highest BCUT2D eigenvalue weighted by molar-refractivity contribution is 7.98. The second-order valence-corrected chi connectivity index (χ2v) is 11.4. The zero-order valence-corrected chi connectivity index (χ0v) is 23.0. The third kappa shape index (κ3) is 10.2. The molecule has 0 saturated carbocycles. The summed E-state index contributed by atoms with van der Waals surface area (Å²) in [5.41, 5.74) is -0.153. The second kappa shape index (κ2) is 12.9. The fourth-order valence-corrected chi connectivity index (χ4v) is 3.84. The first kappa shape index (κ1) is 30.4. The molecule has 0 aliphatic rings. The molecule has 9 heteroatoms. The molecular weight excluding hydrogens is 466 g/mol. The Bertz CT molecular complexity index is 905. The number of nitrogens with zero attached hydrogens (tertiary/aromatic N) is 1. The number of phenols is 1. The predicted molar refractivity (Wildman–Crippen MR) is 142 cm³/mol. The van der Waals surface area contributed by atoms with E-state index in [9.17, 15) is 19.5 Å². The molecule has 0 radical (unpaired) electrons. The lowest BCUT2D eigenvalue weighted by molar-refractivity contribution is -0.142. The van der Waals surface area contributed by atoms with E-state index >= 15 is 0 Å². The Labute approximate surface area is 213 Å². The predicted octanol–water partition coefficient (Wildman–Crippen LogP) is 4.32. The summed E-state index contributed by atoms with van der Waals surface area (Å²) in [5.74, 6) is -0.0938. The van der Waals surface area contributed by atoms with Crippen molar-refractivity contribution in [2.45, 2.75) is 78.1 Å². The van der Waals surface area contributed by atoms with Crippen LogP contribution < -0.4 is 10.6 Å². The summed E-state index contributed by atoms with van der Waals surface area (Å²) in [7, 11) is 0. The van der Waals surface area contributed by atoms with Gasteiger partial charge in [0.05, 0.1) is 0 Å². The van der Waals surface area contributed by atoms with E-state index in [1.54, 1.807) is 57.7 Å². The molecule has 2 atom stereocenters. The van der Waals surface area contributed by atoms with Crippen LogP contribution in [0.25, 0.3) is 0 Å². The summed E-state index contributed by atoms with van der Waals surface area (Å²) in [4.78, 5) is 41.3. The van der Waals surface area contributed by atoms with Crippen LogP contribution in [0.1, 0.15) is 65.1 Å². The molecule has 0 aliphatic heterocycles. The maximum Gasteiger partial charge on any atom is 0.408 e. The van der Waals surface area contributed by atoms with Gasteiger partial charge in [-0.25, -0.2) is 4.79 Å². The van der Waals surface area contributed by atoms with Crippen LogP contribution in [0.3, 0.4) is 0 Å². The Kier molecular flexibility index (Phi) is 11.2. The zero-order chi connectivity index (χ0) is 27.0. The van der Waals surface area contributed by atoms with Crippen LogP contribution in [0, 0.1) is 6.92 Å². The van der Waals surface area contributed by atoms with Crippen molar-refractivity contribution in [3.05, 3.63) is 42.0 Å². The minimum Gasteiger partial charge on any atom is -0.508 e. The van der Waals surface area contributed by atoms with Gasteiger partial charge >= 0.3 is 6.09 Å². The van der Waals surface area contributed by atoms with Crippen molar-refractivity contribution >= 4 is 29.7 Å². The molecule has 8 nitrogen and oxygen atoms in total. The van der Waals surface area contributed by atoms with Crippen molar-refractivity contribution < 1.29 is 24.2 Å². The van der Waals surface area contributed by atoms with E-state index in [1.165, 1.54) is 11.0 Å². The summed E-state index contributed by atoms with van der Waals surface area (Å²) in [6, 6.07) is 2.90. The van der Waals surface area contributed by atoms with Gasteiger partial charge < -0.3 is 25.4 Å². The number of carbonyl (C=O) groups excluding carboxylic acids is 3. The summed E-state index contributed by atoms with van der Waals surface area (Å²) >= 11 is 1.55. The minimum atomic E-state index is -1.00. The van der Waals surface area contributed by atoms with E-state index in [-0.39, 0.29) is 18.2 Å². The van der Waals surface area contributed by atoms with Crippen LogP contribution >= 0.6 is 11.8 Å². The average molecular weight is 508 g/mol. The number of alkyl carbamates (subject to hydrolysis) is 1. The van der Waals surface area contributed by atoms with Gasteiger partial charge in [-0.05, 0) is 90.2 Å². The van der Waals surface area contributed by atoms with E-state index in [1.807, 2.05) is 27.0 Å². The summed E-state index contributed by atoms with van der Waals surface area (Å²) in [6.07, 6.45) is 3.11. The second-order valence-electron chi connectivity index (χ2n) is 10.4. The Morgan fingerprint density at radius 3 is 2.31 bits per heavy atom. The van der Waals surface area contributed by atoms with E-state index in [2.05, 4.69) is 17.2 Å². The fraction of sp³-hybridized carbons (Fsp3) is 0.577. The standard InChI is InChI=1S/C26H41N3O5S/c1-10-14-29(23(32)19(13-15-35-9)27-24(33)34-26(6,7)8)21(22(31)28-25(3,4)5)18-11-12-20(30)17(2)16-18/h10-12,16,19,21,30H,1,13-15H2,2-9H3,(H,27,33)(H,28,31). The maximum absolute atomic E-state index is 13.8. The number of carbonyl (C=O) groups is 3. The first-order valence-corrected chi connectivity index (χ1v) is 13.0. The van der Waals surface area contributed by atoms with Crippen LogP contribution in [0.15, 0.2) is 30.9 Å². The smallest absolute Gasteiger partial charge is 0.408 e. The van der Waals surface area contributed by atoms with Gasteiger partial charge in [-0.2, -0.15) is 11.8 Å². The van der Waals surface area contributed by atoms with Gasteiger partial charge in [0.2, 0.25) is 11.8 Å². The third-order valence-electron chi connectivity index (χ3n) is 4.80. The number of aromatic hydroxyl groups is 1. The van der Waals surface area contributed by atoms with Crippen LogP contribution in [0.5, 0.6) is 5.75 Å². The number of amides is 3. The molecule has 3 N–H and O–H groups in total. The van der Waals surface area contributed by atoms with Gasteiger partial charge in [-0.15, -0.1) is 6.58 Å². The Morgan fingerprint density at radius 1 is 1.20 bits per heavy atom. The number of nitrogens with one attached hydrogen (secondary N) is 2. The lowest BCUT2D eigenvalue weighted by Gasteiger charge is -2.35. The number of ether oxygens (including phenoxy) is 1. The maximum atomic E-state index is 13.8. The molecule has 196 valence electrons. The number of phenolic OH excluding ortho intramolecular Hbond substituents is 1. The lowest BCUT2D eigenvalue weighted by atomic mass is 9.98. The molecule has 0 saturated heterocycles. The quantitative estimate of drug-likeness (QED) is 0.407. The van der Waals surface area contributed by atoms with Gasteiger partial charge in [0.15, 0.2) is 0 Å². The molecule has 1 aromatic carbocycles. The Balaban J connectivity index is 3.49. The number of benzene rings is 1. The summed E-state index contributed by atoms with van der Waals surface area (Å²) in [6.45, 7) is 16.4. The van der Waals surface area contributed by atoms with Crippen molar-refractivity contribution in [3.63, 3.8) is 0 Å². The number of hydrogen-bond acceptors (Lipinski definition) is 6. The molecule has 0 bridgehead atoms. The van der Waals surface area contributed by atoms with Crippen LogP contribution in [-0.2, 0) is 14.3 Å². The summed E-state index contributed by atoms with van der Waals surface area (Å²) in [5, 5.41) is 15.7. The molecule has 0 spiro atoms. The largest absolute Gasteiger partial charge is 0.508 e. The number of thioether (sulfide) groups is 1. The number of hydrogen-bond donors (Lipinski definition) is 3. The zero-order valence-electron chi connectivity index (χ0n) is 22.2. The van der Waals surface area contributed by atoms with Crippen molar-refractivity contribution in [3.8, 4) is 5.75 Å². The molecule has 1 rings (SSSR count). The molecule has 1 aromatic rings. The van der Waals surface area contributed by atoms with Crippen molar-refractivity contribution in [1.82, 2.24) is 15.5 Å². The Hall–Kier alpha value is -2.68. The molecule has 3 amide bonds. The molecule has 2 unspecified atom stereocenters. The van der Waals surface area contributed by atoms with Crippen LogP contribution in [-0.4, -0.2) is 63.6 Å². The molecule has 0 heterocycles. The first-order valence-electron chi connectivity index (χ1n) is 11.6. The first-order chi connectivity index (χ1) is 16.1. The molecule has 0 aromatic heterocycles. The lowest BCUT2D eigenvalue weighted by Crippen LogP contribution is -2.54. The topological polar surface area (TPSA) is 108 Å². The van der Waals surface area contributed by atoms with Crippen molar-refractivity contribution in [1.29, 1.82) is 0 Å². The van der Waals surface area contributed by atoms with Gasteiger partial charge in [-0.1, -0.05) is 12.1 Å². The molecule has 0 fully saturated rings. The van der Waals surface area contributed by atoms with E-state index in [4.69, 9.17) is 4.74 Å². The van der Waals surface area contributed by atoms with E-state index in [0.29, 0.717) is 23.3 Å². The summed E-state index contributed by atoms with van der Waals surface area (Å²) < 4.78 is 5.37. The molecular formula is C26H41N3O5S. The normalized spacial score (nSPS) is 13.4. The van der Waals surface area contributed by atoms with Crippen molar-refractivity contribution in [2.75, 3.05) is 18.6 Å². The monoisotopic (exact) mass is 507 g/mol. The molecule has 0 aliphatic carbocycles. The van der Waals surface area contributed by atoms with E-state index < -0.39 is 35.2 Å². The Morgan fingerprint density at radius 2 is 1.83 bits per heavy atom. The highest BCUT2D eigenvalue weighted by Gasteiger charge is 2.36. The van der Waals surface area contributed by atoms with Gasteiger partial charge in [0.1, 0.15) is 23.4 Å². The van der Waals surface area contributed by atoms with E-state index in [0.717, 1.165) is 0 Å². The van der Waals surface area contributed by atoms with Crippen LogP contribution in [0.2, 0.25) is 0 Å². The number of aryl methyl sites for hydroxylation is 1.